The summed E-state index contributed by atoms with van der Waals surface area (Å²) in [5, 5.41) is 10.8. The molecule has 3 heteroatoms. The summed E-state index contributed by atoms with van der Waals surface area (Å²) in [5.74, 6) is -0.341. The molecule has 1 radical (unpaired) electrons. The quantitative estimate of drug-likeness (QED) is 0.666. The number of benzene rings is 1. The molecule has 0 aliphatic carbocycles. The Morgan fingerprint density at radius 1 is 1.50 bits per heavy atom. The van der Waals surface area contributed by atoms with Gasteiger partial charge in [-0.05, 0) is 12.1 Å². The number of carbonyl (C=O) groups is 1. The summed E-state index contributed by atoms with van der Waals surface area (Å²) >= 11 is 0. The van der Waals surface area contributed by atoms with Crippen molar-refractivity contribution in [3.8, 4) is 6.07 Å². The lowest BCUT2D eigenvalue weighted by atomic mass is 10.1. The number of nitrogens with zero attached hydrogens (tertiary/aromatic N) is 1. The topological polar surface area (TPSA) is 52.9 Å². The second-order valence-corrected chi connectivity index (χ2v) is 2.16. The van der Waals surface area contributed by atoms with E-state index in [-0.39, 0.29) is 5.91 Å². The van der Waals surface area contributed by atoms with Gasteiger partial charge >= 0.3 is 0 Å². The normalized spacial score (nSPS) is 8.67. The van der Waals surface area contributed by atoms with Crippen molar-refractivity contribution in [3.05, 3.63) is 42.4 Å². The summed E-state index contributed by atoms with van der Waals surface area (Å²) < 4.78 is 0. The van der Waals surface area contributed by atoms with Crippen LogP contribution in [0.25, 0.3) is 0 Å². The van der Waals surface area contributed by atoms with Gasteiger partial charge in [-0.1, -0.05) is 12.1 Å². The van der Waals surface area contributed by atoms with Gasteiger partial charge in [0.1, 0.15) is 0 Å². The number of carbonyl (C=O) groups excluding carboxylic acids is 1. The summed E-state index contributed by atoms with van der Waals surface area (Å²) in [5.41, 5.74) is 0.716. The fraction of sp³-hybridized carbons (Fsp3) is 0. The van der Waals surface area contributed by atoms with E-state index in [1.807, 2.05) is 6.07 Å². The van der Waals surface area contributed by atoms with Gasteiger partial charge in [0.15, 0.2) is 0 Å². The Morgan fingerprint density at radius 3 is 2.75 bits per heavy atom. The molecule has 0 aromatic heterocycles. The Bertz CT molecular complexity index is 339. The first-order valence-electron chi connectivity index (χ1n) is 3.36. The van der Waals surface area contributed by atoms with Crippen LogP contribution in [0.5, 0.6) is 0 Å². The van der Waals surface area contributed by atoms with Crippen molar-refractivity contribution in [3.63, 3.8) is 0 Å². The monoisotopic (exact) mass is 159 g/mol. The highest BCUT2D eigenvalue weighted by Crippen LogP contribution is 2.06. The molecule has 1 aromatic rings. The molecule has 59 valence electrons. The zero-order valence-corrected chi connectivity index (χ0v) is 6.37. The zero-order chi connectivity index (χ0) is 8.97. The molecule has 1 rings (SSSR count). The second-order valence-electron chi connectivity index (χ2n) is 2.16. The van der Waals surface area contributed by atoms with E-state index in [1.165, 1.54) is 0 Å². The maximum Gasteiger partial charge on any atom is 0.252 e. The third-order valence-electron chi connectivity index (χ3n) is 1.45. The minimum absolute atomic E-state index is 0.341. The van der Waals surface area contributed by atoms with Gasteiger partial charge in [-0.15, -0.1) is 0 Å². The molecular weight excluding hydrogens is 152 g/mol. The van der Waals surface area contributed by atoms with Crippen LogP contribution >= 0.6 is 0 Å². The van der Waals surface area contributed by atoms with Gasteiger partial charge in [0.2, 0.25) is 0 Å². The average molecular weight is 159 g/mol. The van der Waals surface area contributed by atoms with E-state index in [4.69, 9.17) is 5.26 Å². The van der Waals surface area contributed by atoms with E-state index >= 15 is 0 Å². The molecule has 0 aliphatic heterocycles. The van der Waals surface area contributed by atoms with E-state index in [9.17, 15) is 4.79 Å². The predicted octanol–water partition coefficient (Wildman–Crippen LogP) is 1.08. The third kappa shape index (κ3) is 1.43. The highest BCUT2D eigenvalue weighted by Gasteiger charge is 2.07. The number of amides is 1. The van der Waals surface area contributed by atoms with Gasteiger partial charge in [0.25, 0.3) is 5.91 Å². The first-order valence-corrected chi connectivity index (χ1v) is 3.36. The maximum atomic E-state index is 11.1. The van der Waals surface area contributed by atoms with Crippen molar-refractivity contribution < 1.29 is 4.79 Å². The van der Waals surface area contributed by atoms with Crippen LogP contribution in [-0.4, -0.2) is 5.91 Å². The lowest BCUT2D eigenvalue weighted by molar-refractivity contribution is 0.0969. The molecule has 1 aromatic carbocycles. The van der Waals surface area contributed by atoms with Crippen molar-refractivity contribution in [2.24, 2.45) is 0 Å². The van der Waals surface area contributed by atoms with E-state index in [0.717, 1.165) is 0 Å². The van der Waals surface area contributed by atoms with Gasteiger partial charge in [-0.3, -0.25) is 4.79 Å². The maximum absolute atomic E-state index is 11.1. The van der Waals surface area contributed by atoms with E-state index in [2.05, 4.69) is 12.4 Å². The van der Waals surface area contributed by atoms with Crippen molar-refractivity contribution in [2.45, 2.75) is 0 Å². The van der Waals surface area contributed by atoms with E-state index < -0.39 is 0 Å². The number of rotatable bonds is 1. The van der Waals surface area contributed by atoms with Gasteiger partial charge in [-0.2, -0.15) is 5.26 Å². The lowest BCUT2D eigenvalue weighted by Gasteiger charge is -1.99. The van der Waals surface area contributed by atoms with Crippen LogP contribution in [-0.2, 0) is 0 Å². The molecular formula is C9H7N2O. The number of hydrogen-bond acceptors (Lipinski definition) is 2. The Morgan fingerprint density at radius 2 is 2.17 bits per heavy atom. The first-order chi connectivity index (χ1) is 5.79. The molecule has 12 heavy (non-hydrogen) atoms. The molecule has 0 heterocycles. The van der Waals surface area contributed by atoms with Crippen LogP contribution in [0, 0.1) is 18.4 Å². The van der Waals surface area contributed by atoms with Crippen LogP contribution in [0.4, 0.5) is 0 Å². The van der Waals surface area contributed by atoms with Gasteiger partial charge in [0, 0.05) is 7.05 Å². The summed E-state index contributed by atoms with van der Waals surface area (Å²) in [6.45, 7) is 0. The van der Waals surface area contributed by atoms with Crippen LogP contribution in [0.15, 0.2) is 24.3 Å². The highest BCUT2D eigenvalue weighted by atomic mass is 16.1. The SMILES string of the molecule is [CH2]NC(=O)c1ccccc1C#N. The number of nitriles is 1. The minimum Gasteiger partial charge on any atom is -0.350 e. The Balaban J connectivity index is 3.16. The van der Waals surface area contributed by atoms with Crippen LogP contribution < -0.4 is 5.32 Å². The molecule has 0 spiro atoms. The number of nitrogens with one attached hydrogen (secondary N) is 1. The molecule has 1 amide bonds. The van der Waals surface area contributed by atoms with Crippen LogP contribution in [0.2, 0.25) is 0 Å². The Hall–Kier alpha value is -1.82. The molecule has 1 N–H and O–H groups in total. The zero-order valence-electron chi connectivity index (χ0n) is 6.37. The summed E-state index contributed by atoms with van der Waals surface area (Å²) in [7, 11) is 3.23. The lowest BCUT2D eigenvalue weighted by Crippen LogP contribution is -2.16. The molecule has 0 aliphatic rings. The largest absolute Gasteiger partial charge is 0.350 e. The standard InChI is InChI=1S/C9H7N2O/c1-11-9(12)8-5-3-2-4-7(8)6-10/h2-5H,1H2,(H,11,12). The van der Waals surface area contributed by atoms with Crippen molar-refractivity contribution in [1.82, 2.24) is 5.32 Å². The fourth-order valence-corrected chi connectivity index (χ4v) is 0.874. The molecule has 0 unspecified atom stereocenters. The average Bonchev–Trinajstić information content (AvgIpc) is 2.16. The fourth-order valence-electron chi connectivity index (χ4n) is 0.874. The molecule has 3 nitrogen and oxygen atoms in total. The molecule has 0 fully saturated rings. The van der Waals surface area contributed by atoms with E-state index in [0.29, 0.717) is 11.1 Å². The molecule has 0 saturated heterocycles. The highest BCUT2D eigenvalue weighted by molar-refractivity contribution is 5.96. The van der Waals surface area contributed by atoms with Crippen LogP contribution in [0.3, 0.4) is 0 Å². The predicted molar refractivity (Wildman–Crippen MR) is 44.0 cm³/mol. The molecule has 0 bridgehead atoms. The Kier molecular flexibility index (Phi) is 2.44. The Labute approximate surface area is 70.6 Å². The smallest absolute Gasteiger partial charge is 0.252 e. The second kappa shape index (κ2) is 3.54. The summed E-state index contributed by atoms with van der Waals surface area (Å²) in [4.78, 5) is 11.1. The van der Waals surface area contributed by atoms with Gasteiger partial charge in [0.05, 0.1) is 17.2 Å². The molecule has 0 atom stereocenters. The van der Waals surface area contributed by atoms with Crippen molar-refractivity contribution in [1.29, 1.82) is 5.26 Å². The molecule has 0 saturated carbocycles. The van der Waals surface area contributed by atoms with Crippen LogP contribution in [0.1, 0.15) is 15.9 Å². The van der Waals surface area contributed by atoms with Crippen molar-refractivity contribution >= 4 is 5.91 Å². The van der Waals surface area contributed by atoms with Crippen molar-refractivity contribution in [2.75, 3.05) is 0 Å². The van der Waals surface area contributed by atoms with Gasteiger partial charge in [-0.25, -0.2) is 0 Å². The summed E-state index contributed by atoms with van der Waals surface area (Å²) in [6.07, 6.45) is 0. The third-order valence-corrected chi connectivity index (χ3v) is 1.45. The number of hydrogen-bond donors (Lipinski definition) is 1. The minimum atomic E-state index is -0.341. The first kappa shape index (κ1) is 8.28. The summed E-state index contributed by atoms with van der Waals surface area (Å²) in [6, 6.07) is 8.50. The van der Waals surface area contributed by atoms with Gasteiger partial charge < -0.3 is 5.32 Å². The van der Waals surface area contributed by atoms with E-state index in [1.54, 1.807) is 24.3 Å².